The Morgan fingerprint density at radius 1 is 0.933 bits per heavy atom. The van der Waals surface area contributed by atoms with Crippen LogP contribution in [0.1, 0.15) is 84.1 Å². The molecule has 0 spiro atoms. The molecular formula is C25H40N2O3. The van der Waals surface area contributed by atoms with Gasteiger partial charge < -0.3 is 14.4 Å². The molecule has 0 saturated carbocycles. The molecule has 0 unspecified atom stereocenters. The van der Waals surface area contributed by atoms with Gasteiger partial charge in [0.15, 0.2) is 11.5 Å². The van der Waals surface area contributed by atoms with Crippen LogP contribution in [-0.4, -0.2) is 37.1 Å². The number of benzene rings is 1. The smallest absolute Gasteiger partial charge is 0.222 e. The Morgan fingerprint density at radius 3 is 2.23 bits per heavy atom. The molecule has 0 radical (unpaired) electrons. The molecule has 0 atom stereocenters. The molecule has 0 aliphatic carbocycles. The number of carbonyl (C=O) groups excluding carboxylic acids is 1. The molecule has 0 heterocycles. The van der Waals surface area contributed by atoms with E-state index in [1.54, 1.807) is 0 Å². The van der Waals surface area contributed by atoms with E-state index in [-0.39, 0.29) is 5.91 Å². The zero-order chi connectivity index (χ0) is 22.0. The zero-order valence-electron chi connectivity index (χ0n) is 19.3. The molecule has 0 aromatic heterocycles. The molecule has 1 amide bonds. The van der Waals surface area contributed by atoms with Crippen molar-refractivity contribution in [2.24, 2.45) is 0 Å². The van der Waals surface area contributed by atoms with Crippen LogP contribution in [0.4, 0.5) is 0 Å². The van der Waals surface area contributed by atoms with Gasteiger partial charge in [0.1, 0.15) is 0 Å². The van der Waals surface area contributed by atoms with Gasteiger partial charge in [0.05, 0.1) is 25.7 Å². The maximum Gasteiger partial charge on any atom is 0.222 e. The Labute approximate surface area is 183 Å². The van der Waals surface area contributed by atoms with Crippen molar-refractivity contribution >= 4 is 5.91 Å². The van der Waals surface area contributed by atoms with Gasteiger partial charge in [-0.1, -0.05) is 52.5 Å². The van der Waals surface area contributed by atoms with Crippen LogP contribution >= 0.6 is 0 Å². The number of aryl methyl sites for hydroxylation is 1. The summed E-state index contributed by atoms with van der Waals surface area (Å²) in [6, 6.07) is 8.16. The number of rotatable bonds is 17. The van der Waals surface area contributed by atoms with Gasteiger partial charge in [-0.3, -0.25) is 4.79 Å². The van der Waals surface area contributed by atoms with Gasteiger partial charge in [0.25, 0.3) is 0 Å². The van der Waals surface area contributed by atoms with Gasteiger partial charge in [0, 0.05) is 19.5 Å². The van der Waals surface area contributed by atoms with Gasteiger partial charge in [0.2, 0.25) is 5.91 Å². The van der Waals surface area contributed by atoms with Crippen LogP contribution in [0.15, 0.2) is 18.2 Å². The van der Waals surface area contributed by atoms with E-state index in [2.05, 4.69) is 26.8 Å². The van der Waals surface area contributed by atoms with Crippen molar-refractivity contribution in [3.8, 4) is 17.6 Å². The number of amides is 1. The van der Waals surface area contributed by atoms with E-state index < -0.39 is 0 Å². The molecule has 0 fully saturated rings. The van der Waals surface area contributed by atoms with Crippen molar-refractivity contribution in [1.29, 1.82) is 5.26 Å². The Morgan fingerprint density at radius 2 is 1.60 bits per heavy atom. The molecule has 0 saturated heterocycles. The SMILES string of the molecule is CCCCCN(CCC#N)C(=O)CCc1ccc(OCCCC)c(OCCCC)c1. The normalized spacial score (nSPS) is 10.5. The molecule has 0 N–H and O–H groups in total. The molecule has 5 nitrogen and oxygen atoms in total. The number of hydrogen-bond donors (Lipinski definition) is 0. The fourth-order valence-corrected chi connectivity index (χ4v) is 3.10. The van der Waals surface area contributed by atoms with Crippen molar-refractivity contribution < 1.29 is 14.3 Å². The first-order valence-corrected chi connectivity index (χ1v) is 11.7. The molecule has 5 heteroatoms. The lowest BCUT2D eigenvalue weighted by Crippen LogP contribution is -2.33. The molecule has 1 rings (SSSR count). The standard InChI is InChI=1S/C25H40N2O3/c1-4-7-10-17-27(18-11-16-26)25(28)15-13-22-12-14-23(29-19-8-5-2)24(21-22)30-20-9-6-3/h12,14,21H,4-11,13,15,17-20H2,1-3H3. The topological polar surface area (TPSA) is 62.6 Å². The van der Waals surface area contributed by atoms with Gasteiger partial charge in [-0.05, 0) is 43.4 Å². The lowest BCUT2D eigenvalue weighted by molar-refractivity contribution is -0.131. The van der Waals surface area contributed by atoms with Crippen molar-refractivity contribution in [1.82, 2.24) is 4.90 Å². The summed E-state index contributed by atoms with van der Waals surface area (Å²) in [7, 11) is 0. The summed E-state index contributed by atoms with van der Waals surface area (Å²) in [5, 5.41) is 8.89. The predicted octanol–water partition coefficient (Wildman–Crippen LogP) is 5.91. The van der Waals surface area contributed by atoms with Crippen LogP contribution in [0.25, 0.3) is 0 Å². The maximum atomic E-state index is 12.7. The molecule has 0 bridgehead atoms. The van der Waals surface area contributed by atoms with Crippen LogP contribution in [0.2, 0.25) is 0 Å². The fraction of sp³-hybridized carbons (Fsp3) is 0.680. The second-order valence-corrected chi connectivity index (χ2v) is 7.68. The first kappa shape index (κ1) is 25.8. The summed E-state index contributed by atoms with van der Waals surface area (Å²) in [5.41, 5.74) is 1.08. The second kappa shape index (κ2) is 16.6. The third kappa shape index (κ3) is 10.5. The molecule has 0 aliphatic rings. The quantitative estimate of drug-likeness (QED) is 0.296. The lowest BCUT2D eigenvalue weighted by atomic mass is 10.1. The Hall–Kier alpha value is -2.22. The van der Waals surface area contributed by atoms with Gasteiger partial charge in [-0.15, -0.1) is 0 Å². The van der Waals surface area contributed by atoms with Crippen molar-refractivity contribution in [2.75, 3.05) is 26.3 Å². The Bertz CT molecular complexity index is 640. The van der Waals surface area contributed by atoms with Gasteiger partial charge in [-0.25, -0.2) is 0 Å². The predicted molar refractivity (Wildman–Crippen MR) is 122 cm³/mol. The first-order chi connectivity index (χ1) is 14.7. The number of ether oxygens (including phenoxy) is 2. The molecule has 0 aliphatic heterocycles. The molecule has 30 heavy (non-hydrogen) atoms. The molecule has 168 valence electrons. The third-order valence-electron chi connectivity index (χ3n) is 5.02. The van der Waals surface area contributed by atoms with E-state index >= 15 is 0 Å². The number of nitrogens with zero attached hydrogens (tertiary/aromatic N) is 2. The summed E-state index contributed by atoms with van der Waals surface area (Å²) < 4.78 is 11.9. The van der Waals surface area contributed by atoms with E-state index in [0.717, 1.165) is 68.6 Å². The maximum absolute atomic E-state index is 12.7. The van der Waals surface area contributed by atoms with Gasteiger partial charge in [-0.2, -0.15) is 5.26 Å². The summed E-state index contributed by atoms with van der Waals surface area (Å²) in [6.07, 6.45) is 8.90. The molecule has 1 aromatic carbocycles. The summed E-state index contributed by atoms with van der Waals surface area (Å²) in [5.74, 6) is 1.68. The summed E-state index contributed by atoms with van der Waals surface area (Å²) in [4.78, 5) is 14.6. The van der Waals surface area contributed by atoms with Crippen molar-refractivity contribution in [3.05, 3.63) is 23.8 Å². The minimum Gasteiger partial charge on any atom is -0.490 e. The van der Waals surface area contributed by atoms with E-state index in [1.165, 1.54) is 0 Å². The highest BCUT2D eigenvalue weighted by Crippen LogP contribution is 2.29. The van der Waals surface area contributed by atoms with Crippen molar-refractivity contribution in [3.63, 3.8) is 0 Å². The average Bonchev–Trinajstić information content (AvgIpc) is 2.76. The highest BCUT2D eigenvalue weighted by molar-refractivity contribution is 5.76. The van der Waals surface area contributed by atoms with Crippen LogP contribution < -0.4 is 9.47 Å². The third-order valence-corrected chi connectivity index (χ3v) is 5.02. The van der Waals surface area contributed by atoms with Gasteiger partial charge >= 0.3 is 0 Å². The minimum absolute atomic E-state index is 0.123. The highest BCUT2D eigenvalue weighted by atomic mass is 16.5. The monoisotopic (exact) mass is 416 g/mol. The molecule has 1 aromatic rings. The summed E-state index contributed by atoms with van der Waals surface area (Å²) in [6.45, 7) is 9.05. The minimum atomic E-state index is 0.123. The summed E-state index contributed by atoms with van der Waals surface area (Å²) >= 11 is 0. The average molecular weight is 417 g/mol. The van der Waals surface area contributed by atoms with E-state index in [0.29, 0.717) is 39.0 Å². The van der Waals surface area contributed by atoms with Crippen LogP contribution in [0.3, 0.4) is 0 Å². The van der Waals surface area contributed by atoms with E-state index in [4.69, 9.17) is 14.7 Å². The molecular weight excluding hydrogens is 376 g/mol. The largest absolute Gasteiger partial charge is 0.490 e. The number of hydrogen-bond acceptors (Lipinski definition) is 4. The van der Waals surface area contributed by atoms with E-state index in [9.17, 15) is 4.79 Å². The number of carbonyl (C=O) groups is 1. The lowest BCUT2D eigenvalue weighted by Gasteiger charge is -2.22. The number of nitriles is 1. The fourth-order valence-electron chi connectivity index (χ4n) is 3.10. The second-order valence-electron chi connectivity index (χ2n) is 7.68. The van der Waals surface area contributed by atoms with E-state index in [1.807, 2.05) is 23.1 Å². The Balaban J connectivity index is 2.72. The highest BCUT2D eigenvalue weighted by Gasteiger charge is 2.14. The first-order valence-electron chi connectivity index (χ1n) is 11.7. The van der Waals surface area contributed by atoms with Crippen molar-refractivity contribution in [2.45, 2.75) is 85.0 Å². The van der Waals surface area contributed by atoms with Crippen LogP contribution in [0.5, 0.6) is 11.5 Å². The number of unbranched alkanes of at least 4 members (excludes halogenated alkanes) is 4. The zero-order valence-corrected chi connectivity index (χ0v) is 19.3. The Kier molecular flexibility index (Phi) is 14.3. The van der Waals surface area contributed by atoms with Crippen LogP contribution in [-0.2, 0) is 11.2 Å². The van der Waals surface area contributed by atoms with Crippen LogP contribution in [0, 0.1) is 11.3 Å².